The highest BCUT2D eigenvalue weighted by Crippen LogP contribution is 2.11. The summed E-state index contributed by atoms with van der Waals surface area (Å²) < 4.78 is 0. The Balaban J connectivity index is 1.80. The van der Waals surface area contributed by atoms with Gasteiger partial charge in [-0.05, 0) is 25.3 Å². The summed E-state index contributed by atoms with van der Waals surface area (Å²) in [5.74, 6) is 0. The zero-order valence-electron chi connectivity index (χ0n) is 8.63. The molecule has 0 radical (unpaired) electrons. The second-order valence-electron chi connectivity index (χ2n) is 3.64. The normalized spacial score (nSPS) is 20.5. The lowest BCUT2D eigenvalue weighted by atomic mass is 10.1. The number of hydrogen-bond acceptors (Lipinski definition) is 4. The maximum atomic E-state index is 11.6. The number of allylic oxidation sites excluding steroid dienone is 1. The molecule has 0 atom stereocenters. The van der Waals surface area contributed by atoms with Crippen LogP contribution in [0.1, 0.15) is 19.3 Å². The third kappa shape index (κ3) is 2.71. The van der Waals surface area contributed by atoms with Gasteiger partial charge >= 0.3 is 6.09 Å². The Morgan fingerprint density at radius 2 is 2.07 bits per heavy atom. The highest BCUT2D eigenvalue weighted by atomic mass is 16.7. The Morgan fingerprint density at radius 1 is 1.27 bits per heavy atom. The smallest absolute Gasteiger partial charge is 0.320 e. The number of hydrogen-bond donors (Lipinski definition) is 0. The molecule has 0 aromatic rings. The average molecular weight is 209 g/mol. The van der Waals surface area contributed by atoms with Gasteiger partial charge in [-0.15, -0.1) is 0 Å². The van der Waals surface area contributed by atoms with Crippen LogP contribution in [0.25, 0.3) is 0 Å². The number of rotatable bonds is 1. The second-order valence-corrected chi connectivity index (χ2v) is 3.64. The summed E-state index contributed by atoms with van der Waals surface area (Å²) in [5, 5.41) is 1.44. The highest BCUT2D eigenvalue weighted by Gasteiger charge is 2.19. The van der Waals surface area contributed by atoms with Crippen molar-refractivity contribution >= 4 is 12.3 Å². The molecule has 82 valence electrons. The summed E-state index contributed by atoms with van der Waals surface area (Å²) in [5.41, 5.74) is 0. The molecule has 0 saturated carbocycles. The molecule has 2 heterocycles. The molecule has 1 saturated heterocycles. The number of amides is 1. The fourth-order valence-corrected chi connectivity index (χ4v) is 1.66. The summed E-state index contributed by atoms with van der Waals surface area (Å²) in [4.78, 5) is 22.5. The van der Waals surface area contributed by atoms with E-state index in [9.17, 15) is 4.79 Å². The van der Waals surface area contributed by atoms with E-state index in [4.69, 9.17) is 4.84 Å². The van der Waals surface area contributed by atoms with Crippen LogP contribution < -0.4 is 0 Å². The van der Waals surface area contributed by atoms with E-state index in [1.165, 1.54) is 11.5 Å². The molecule has 2 aliphatic heterocycles. The first-order valence-electron chi connectivity index (χ1n) is 5.26. The van der Waals surface area contributed by atoms with Gasteiger partial charge in [0, 0.05) is 25.5 Å². The first-order chi connectivity index (χ1) is 7.36. The standard InChI is InChI=1S/C10H15N3O2/c14-10(12-6-2-1-3-7-12)15-13-8-4-5-11-9-13/h4-5,8H,1-3,6-7,9H2. The molecule has 0 unspecified atom stereocenters. The van der Waals surface area contributed by atoms with E-state index in [0.717, 1.165) is 25.9 Å². The minimum atomic E-state index is -0.267. The third-order valence-electron chi connectivity index (χ3n) is 2.47. The lowest BCUT2D eigenvalue weighted by Gasteiger charge is -2.28. The minimum absolute atomic E-state index is 0.267. The molecule has 0 bridgehead atoms. The Bertz CT molecular complexity index is 282. The molecular weight excluding hydrogens is 194 g/mol. The van der Waals surface area contributed by atoms with Crippen LogP contribution >= 0.6 is 0 Å². The van der Waals surface area contributed by atoms with Gasteiger partial charge in [-0.25, -0.2) is 4.79 Å². The number of aliphatic imine (C=N–C) groups is 1. The van der Waals surface area contributed by atoms with Crippen LogP contribution in [0.15, 0.2) is 17.3 Å². The van der Waals surface area contributed by atoms with Gasteiger partial charge in [-0.3, -0.25) is 4.99 Å². The van der Waals surface area contributed by atoms with E-state index in [2.05, 4.69) is 4.99 Å². The van der Waals surface area contributed by atoms with E-state index in [1.807, 2.05) is 0 Å². The fourth-order valence-electron chi connectivity index (χ4n) is 1.66. The van der Waals surface area contributed by atoms with Crippen LogP contribution in [-0.2, 0) is 4.84 Å². The fraction of sp³-hybridized carbons (Fsp3) is 0.600. The maximum absolute atomic E-state index is 11.6. The lowest BCUT2D eigenvalue weighted by molar-refractivity contribution is -0.0734. The Morgan fingerprint density at radius 3 is 2.73 bits per heavy atom. The van der Waals surface area contributed by atoms with Crippen molar-refractivity contribution in [2.45, 2.75) is 19.3 Å². The summed E-state index contributed by atoms with van der Waals surface area (Å²) in [6, 6.07) is 0. The predicted molar refractivity (Wildman–Crippen MR) is 56.2 cm³/mol. The van der Waals surface area contributed by atoms with Crippen molar-refractivity contribution < 1.29 is 9.63 Å². The molecule has 2 aliphatic rings. The molecule has 0 spiro atoms. The van der Waals surface area contributed by atoms with Gasteiger partial charge in [0.1, 0.15) is 6.67 Å². The molecule has 1 fully saturated rings. The molecule has 0 N–H and O–H groups in total. The summed E-state index contributed by atoms with van der Waals surface area (Å²) in [7, 11) is 0. The van der Waals surface area contributed by atoms with Crippen molar-refractivity contribution in [3.05, 3.63) is 12.3 Å². The number of carbonyl (C=O) groups excluding carboxylic acids is 1. The van der Waals surface area contributed by atoms with Crippen molar-refractivity contribution in [1.29, 1.82) is 0 Å². The largest absolute Gasteiger partial charge is 0.434 e. The topological polar surface area (TPSA) is 45.1 Å². The summed E-state index contributed by atoms with van der Waals surface area (Å²) >= 11 is 0. The molecule has 2 rings (SSSR count). The van der Waals surface area contributed by atoms with Crippen molar-refractivity contribution in [2.75, 3.05) is 19.8 Å². The molecule has 0 aromatic heterocycles. The number of nitrogens with zero attached hydrogens (tertiary/aromatic N) is 3. The Hall–Kier alpha value is -1.52. The zero-order chi connectivity index (χ0) is 10.5. The first kappa shape index (κ1) is 10.0. The minimum Gasteiger partial charge on any atom is -0.320 e. The molecule has 0 aromatic carbocycles. The Kier molecular flexibility index (Phi) is 3.22. The van der Waals surface area contributed by atoms with Gasteiger partial charge in [0.2, 0.25) is 0 Å². The van der Waals surface area contributed by atoms with Gasteiger partial charge in [0.25, 0.3) is 0 Å². The summed E-state index contributed by atoms with van der Waals surface area (Å²) in [6.07, 6.45) is 8.22. The van der Waals surface area contributed by atoms with Gasteiger partial charge in [0.15, 0.2) is 0 Å². The van der Waals surface area contributed by atoms with Crippen LogP contribution in [0.3, 0.4) is 0 Å². The number of hydroxylamine groups is 2. The molecule has 1 amide bonds. The van der Waals surface area contributed by atoms with E-state index in [-0.39, 0.29) is 6.09 Å². The number of likely N-dealkylation sites (tertiary alicyclic amines) is 1. The van der Waals surface area contributed by atoms with Crippen molar-refractivity contribution in [3.63, 3.8) is 0 Å². The molecule has 15 heavy (non-hydrogen) atoms. The Labute approximate surface area is 89.0 Å². The SMILES string of the molecule is O=C(ON1C=CC=NC1)N1CCCCC1. The quantitative estimate of drug-likeness (QED) is 0.655. The average Bonchev–Trinajstić information content (AvgIpc) is 2.31. The third-order valence-corrected chi connectivity index (χ3v) is 2.47. The van der Waals surface area contributed by atoms with Crippen LogP contribution in [0.4, 0.5) is 4.79 Å². The maximum Gasteiger partial charge on any atom is 0.434 e. The van der Waals surface area contributed by atoms with Crippen LogP contribution in [-0.4, -0.2) is 42.0 Å². The van der Waals surface area contributed by atoms with Crippen LogP contribution in [0, 0.1) is 0 Å². The molecular formula is C10H15N3O2. The predicted octanol–water partition coefficient (Wildman–Crippen LogP) is 1.38. The van der Waals surface area contributed by atoms with Crippen LogP contribution in [0.2, 0.25) is 0 Å². The van der Waals surface area contributed by atoms with E-state index in [0.29, 0.717) is 6.67 Å². The van der Waals surface area contributed by atoms with Gasteiger partial charge in [-0.2, -0.15) is 5.06 Å². The number of piperidine rings is 1. The monoisotopic (exact) mass is 209 g/mol. The zero-order valence-corrected chi connectivity index (χ0v) is 8.63. The molecule has 0 aliphatic carbocycles. The molecule has 5 heteroatoms. The van der Waals surface area contributed by atoms with E-state index >= 15 is 0 Å². The van der Waals surface area contributed by atoms with Crippen molar-refractivity contribution in [3.8, 4) is 0 Å². The molecule has 5 nitrogen and oxygen atoms in total. The highest BCUT2D eigenvalue weighted by molar-refractivity contribution is 5.72. The lowest BCUT2D eigenvalue weighted by Crippen LogP contribution is -2.39. The van der Waals surface area contributed by atoms with Crippen LogP contribution in [0.5, 0.6) is 0 Å². The summed E-state index contributed by atoms with van der Waals surface area (Å²) in [6.45, 7) is 2.00. The van der Waals surface area contributed by atoms with E-state index in [1.54, 1.807) is 23.4 Å². The first-order valence-corrected chi connectivity index (χ1v) is 5.26. The van der Waals surface area contributed by atoms with Crippen molar-refractivity contribution in [1.82, 2.24) is 9.96 Å². The van der Waals surface area contributed by atoms with Gasteiger partial charge in [0.05, 0.1) is 0 Å². The van der Waals surface area contributed by atoms with Gasteiger partial charge < -0.3 is 9.74 Å². The second kappa shape index (κ2) is 4.82. The number of carbonyl (C=O) groups is 1. The van der Waals surface area contributed by atoms with Gasteiger partial charge in [-0.1, -0.05) is 0 Å². The van der Waals surface area contributed by atoms with E-state index < -0.39 is 0 Å². The van der Waals surface area contributed by atoms with Crippen molar-refractivity contribution in [2.24, 2.45) is 4.99 Å².